The number of carbonyl (C=O) groups excluding carboxylic acids is 1. The van der Waals surface area contributed by atoms with E-state index in [1.807, 2.05) is 65.3 Å². The summed E-state index contributed by atoms with van der Waals surface area (Å²) in [7, 11) is 3.71. The molecule has 3 aromatic rings. The van der Waals surface area contributed by atoms with Gasteiger partial charge in [-0.15, -0.1) is 0 Å². The van der Waals surface area contributed by atoms with Crippen molar-refractivity contribution in [1.82, 2.24) is 14.3 Å². The number of aryl methyl sites for hydroxylation is 1. The highest BCUT2D eigenvalue weighted by atomic mass is 16.3. The maximum Gasteiger partial charge on any atom is 0.261 e. The molecule has 7 heteroatoms. The van der Waals surface area contributed by atoms with Crippen LogP contribution in [0.3, 0.4) is 0 Å². The molecule has 0 unspecified atom stereocenters. The number of amides is 1. The summed E-state index contributed by atoms with van der Waals surface area (Å²) in [5.41, 5.74) is 2.18. The van der Waals surface area contributed by atoms with Gasteiger partial charge in [-0.05, 0) is 36.4 Å². The van der Waals surface area contributed by atoms with Crippen LogP contribution in [0.1, 0.15) is 10.4 Å². The van der Waals surface area contributed by atoms with E-state index in [0.717, 1.165) is 5.69 Å². The summed E-state index contributed by atoms with van der Waals surface area (Å²) in [5, 5.41) is 16.1. The molecule has 0 aliphatic rings. The number of rotatable bonds is 6. The van der Waals surface area contributed by atoms with Crippen molar-refractivity contribution in [3.05, 3.63) is 60.6 Å². The van der Waals surface area contributed by atoms with Gasteiger partial charge in [-0.2, -0.15) is 5.10 Å². The molecule has 0 radical (unpaired) electrons. The van der Waals surface area contributed by atoms with Gasteiger partial charge in [0.25, 0.3) is 5.91 Å². The molecule has 0 fully saturated rings. The summed E-state index contributed by atoms with van der Waals surface area (Å²) < 4.78 is 3.52. The maximum absolute atomic E-state index is 12.6. The fraction of sp³-hybridized carbons (Fsp3) is 0.222. The van der Waals surface area contributed by atoms with E-state index < -0.39 is 0 Å². The molecule has 0 aliphatic heterocycles. The predicted octanol–water partition coefficient (Wildman–Crippen LogP) is 1.89. The van der Waals surface area contributed by atoms with Crippen molar-refractivity contribution in [2.75, 3.05) is 30.4 Å². The number of nitrogens with zero attached hydrogens (tertiary/aromatic N) is 4. The van der Waals surface area contributed by atoms with Gasteiger partial charge in [0.05, 0.1) is 12.8 Å². The first-order chi connectivity index (χ1) is 12.1. The van der Waals surface area contributed by atoms with Crippen LogP contribution in [0.5, 0.6) is 0 Å². The number of carbonyl (C=O) groups is 1. The molecule has 7 nitrogen and oxygen atoms in total. The van der Waals surface area contributed by atoms with E-state index in [1.165, 1.54) is 0 Å². The van der Waals surface area contributed by atoms with Crippen LogP contribution in [0, 0.1) is 0 Å². The zero-order valence-electron chi connectivity index (χ0n) is 14.3. The predicted molar refractivity (Wildman–Crippen MR) is 97.3 cm³/mol. The number of anilines is 2. The van der Waals surface area contributed by atoms with Gasteiger partial charge in [0.1, 0.15) is 11.4 Å². The normalized spacial score (nSPS) is 10.7. The van der Waals surface area contributed by atoms with E-state index in [0.29, 0.717) is 23.6 Å². The van der Waals surface area contributed by atoms with Crippen molar-refractivity contribution in [2.24, 2.45) is 7.05 Å². The first kappa shape index (κ1) is 16.8. The molecule has 1 aromatic carbocycles. The fourth-order valence-corrected chi connectivity index (χ4v) is 2.65. The van der Waals surface area contributed by atoms with Gasteiger partial charge in [0.15, 0.2) is 0 Å². The lowest BCUT2D eigenvalue weighted by molar-refractivity contribution is 0.102. The van der Waals surface area contributed by atoms with Gasteiger partial charge in [-0.1, -0.05) is 0 Å². The van der Waals surface area contributed by atoms with Crippen LogP contribution in [0.4, 0.5) is 11.4 Å². The monoisotopic (exact) mass is 339 g/mol. The third-order valence-electron chi connectivity index (χ3n) is 4.00. The van der Waals surface area contributed by atoms with Crippen LogP contribution in [0.15, 0.2) is 55.0 Å². The number of benzene rings is 1. The lowest BCUT2D eigenvalue weighted by Crippen LogP contribution is -2.21. The Hall–Kier alpha value is -3.06. The maximum atomic E-state index is 12.6. The number of hydrogen-bond acceptors (Lipinski definition) is 4. The molecular formula is C18H21N5O2. The SMILES string of the molecule is CN(CCO)c1ccc(NC(=O)c2cnn(C)c2-n2cccc2)cc1. The molecule has 0 saturated heterocycles. The van der Waals surface area contributed by atoms with Crippen LogP contribution in [0.2, 0.25) is 0 Å². The van der Waals surface area contributed by atoms with Gasteiger partial charge in [0, 0.05) is 44.4 Å². The van der Waals surface area contributed by atoms with Crippen molar-refractivity contribution in [2.45, 2.75) is 0 Å². The van der Waals surface area contributed by atoms with Crippen LogP contribution >= 0.6 is 0 Å². The highest BCUT2D eigenvalue weighted by molar-refractivity contribution is 6.06. The van der Waals surface area contributed by atoms with Crippen molar-refractivity contribution < 1.29 is 9.90 Å². The molecule has 2 N–H and O–H groups in total. The number of nitrogens with one attached hydrogen (secondary N) is 1. The Kier molecular flexibility index (Phi) is 4.85. The Morgan fingerprint density at radius 2 is 1.92 bits per heavy atom. The van der Waals surface area contributed by atoms with E-state index in [2.05, 4.69) is 10.4 Å². The average molecular weight is 339 g/mol. The molecule has 0 aliphatic carbocycles. The van der Waals surface area contributed by atoms with E-state index >= 15 is 0 Å². The Balaban J connectivity index is 1.77. The molecule has 2 heterocycles. The molecular weight excluding hydrogens is 318 g/mol. The van der Waals surface area contributed by atoms with Crippen LogP contribution in [-0.2, 0) is 7.05 Å². The minimum atomic E-state index is -0.215. The quantitative estimate of drug-likeness (QED) is 0.719. The second-order valence-corrected chi connectivity index (χ2v) is 5.74. The van der Waals surface area contributed by atoms with E-state index in [1.54, 1.807) is 17.9 Å². The van der Waals surface area contributed by atoms with Gasteiger partial charge in [-0.25, -0.2) is 0 Å². The summed E-state index contributed by atoms with van der Waals surface area (Å²) >= 11 is 0. The molecule has 0 spiro atoms. The smallest absolute Gasteiger partial charge is 0.261 e. The number of aromatic nitrogens is 3. The van der Waals surface area contributed by atoms with Gasteiger partial charge < -0.3 is 19.9 Å². The summed E-state index contributed by atoms with van der Waals surface area (Å²) in [4.78, 5) is 14.6. The average Bonchev–Trinajstić information content (AvgIpc) is 3.24. The van der Waals surface area contributed by atoms with E-state index in [9.17, 15) is 4.79 Å². The zero-order chi connectivity index (χ0) is 17.8. The molecule has 25 heavy (non-hydrogen) atoms. The molecule has 130 valence electrons. The van der Waals surface area contributed by atoms with Crippen molar-refractivity contribution in [3.8, 4) is 5.82 Å². The zero-order valence-corrected chi connectivity index (χ0v) is 14.3. The molecule has 2 aromatic heterocycles. The van der Waals surface area contributed by atoms with Crippen molar-refractivity contribution in [1.29, 1.82) is 0 Å². The second kappa shape index (κ2) is 7.23. The minimum Gasteiger partial charge on any atom is -0.395 e. The van der Waals surface area contributed by atoms with Crippen LogP contribution in [0.25, 0.3) is 5.82 Å². The standard InChI is InChI=1S/C18H21N5O2/c1-21(11-12-24)15-7-5-14(6-8-15)20-17(25)16-13-19-22(2)18(16)23-9-3-4-10-23/h3-10,13,24H,11-12H2,1-2H3,(H,20,25). The number of aliphatic hydroxyl groups is 1. The highest BCUT2D eigenvalue weighted by Gasteiger charge is 2.17. The summed E-state index contributed by atoms with van der Waals surface area (Å²) in [6, 6.07) is 11.3. The highest BCUT2D eigenvalue weighted by Crippen LogP contribution is 2.19. The van der Waals surface area contributed by atoms with Gasteiger partial charge in [0.2, 0.25) is 0 Å². The Labute approximate surface area is 146 Å². The Morgan fingerprint density at radius 3 is 2.56 bits per heavy atom. The number of hydrogen-bond donors (Lipinski definition) is 2. The third kappa shape index (κ3) is 3.56. The lowest BCUT2D eigenvalue weighted by atomic mass is 10.2. The fourth-order valence-electron chi connectivity index (χ4n) is 2.65. The van der Waals surface area contributed by atoms with Crippen LogP contribution in [-0.4, -0.2) is 45.6 Å². The Morgan fingerprint density at radius 1 is 1.24 bits per heavy atom. The summed E-state index contributed by atoms with van der Waals surface area (Å²) in [5.74, 6) is 0.495. The minimum absolute atomic E-state index is 0.0954. The van der Waals surface area contributed by atoms with E-state index in [-0.39, 0.29) is 12.5 Å². The third-order valence-corrected chi connectivity index (χ3v) is 4.00. The topological polar surface area (TPSA) is 75.3 Å². The van der Waals surface area contributed by atoms with Gasteiger partial charge >= 0.3 is 0 Å². The molecule has 0 atom stereocenters. The van der Waals surface area contributed by atoms with Crippen molar-refractivity contribution >= 4 is 17.3 Å². The molecule has 0 bridgehead atoms. The summed E-state index contributed by atoms with van der Waals surface area (Å²) in [6.45, 7) is 0.653. The summed E-state index contributed by atoms with van der Waals surface area (Å²) in [6.07, 6.45) is 5.31. The first-order valence-electron chi connectivity index (χ1n) is 7.99. The largest absolute Gasteiger partial charge is 0.395 e. The molecule has 0 saturated carbocycles. The molecule has 1 amide bonds. The molecule has 3 rings (SSSR count). The van der Waals surface area contributed by atoms with Gasteiger partial charge in [-0.3, -0.25) is 9.48 Å². The number of aliphatic hydroxyl groups excluding tert-OH is 1. The number of likely N-dealkylation sites (N-methyl/N-ethyl adjacent to an activating group) is 1. The second-order valence-electron chi connectivity index (χ2n) is 5.74. The first-order valence-corrected chi connectivity index (χ1v) is 7.99. The van der Waals surface area contributed by atoms with Crippen molar-refractivity contribution in [3.63, 3.8) is 0 Å². The Bertz CT molecular complexity index is 837. The van der Waals surface area contributed by atoms with Crippen LogP contribution < -0.4 is 10.2 Å². The lowest BCUT2D eigenvalue weighted by Gasteiger charge is -2.18. The van der Waals surface area contributed by atoms with E-state index in [4.69, 9.17) is 5.11 Å².